The highest BCUT2D eigenvalue weighted by Crippen LogP contribution is 2.33. The van der Waals surface area contributed by atoms with Crippen LogP contribution in [0.1, 0.15) is 17.4 Å². The van der Waals surface area contributed by atoms with Crippen molar-refractivity contribution < 1.29 is 19.4 Å². The van der Waals surface area contributed by atoms with Gasteiger partial charge in [0, 0.05) is 4.88 Å². The van der Waals surface area contributed by atoms with Crippen LogP contribution in [0.15, 0.2) is 60.0 Å². The van der Waals surface area contributed by atoms with E-state index in [9.17, 15) is 14.7 Å². The summed E-state index contributed by atoms with van der Waals surface area (Å²) in [7, 11) is 0. The number of ether oxygens (including phenoxy) is 1. The molecule has 6 nitrogen and oxygen atoms in total. The van der Waals surface area contributed by atoms with Gasteiger partial charge in [0.25, 0.3) is 5.91 Å². The Balaban J connectivity index is 1.48. The molecule has 29 heavy (non-hydrogen) atoms. The van der Waals surface area contributed by atoms with Gasteiger partial charge in [0.15, 0.2) is 0 Å². The molecule has 4 rings (SSSR count). The summed E-state index contributed by atoms with van der Waals surface area (Å²) in [6.07, 6.45) is -0.959. The van der Waals surface area contributed by atoms with Crippen LogP contribution in [0, 0.1) is 0 Å². The van der Waals surface area contributed by atoms with Crippen LogP contribution in [0.4, 0.5) is 4.79 Å². The number of hydrogen-bond donors (Lipinski definition) is 2. The Labute approximate surface area is 172 Å². The second-order valence-electron chi connectivity index (χ2n) is 7.25. The number of carbonyl (C=O) groups is 2. The third kappa shape index (κ3) is 3.76. The quantitative estimate of drug-likeness (QED) is 0.586. The molecule has 2 N–H and O–H groups in total. The molecule has 1 aliphatic heterocycles. The Hall–Kier alpha value is -2.74. The maximum Gasteiger partial charge on any atom is 0.325 e. The molecule has 0 radical (unpaired) electrons. The summed E-state index contributed by atoms with van der Waals surface area (Å²) in [5, 5.41) is 17.0. The van der Waals surface area contributed by atoms with Crippen molar-refractivity contribution in [3.63, 3.8) is 0 Å². The molecule has 3 aromatic rings. The van der Waals surface area contributed by atoms with Gasteiger partial charge in [0.1, 0.15) is 5.54 Å². The van der Waals surface area contributed by atoms with Gasteiger partial charge in [0.2, 0.25) is 0 Å². The largest absolute Gasteiger partial charge is 0.389 e. The van der Waals surface area contributed by atoms with E-state index < -0.39 is 17.7 Å². The highest BCUT2D eigenvalue weighted by Gasteiger charge is 2.49. The molecule has 7 heteroatoms. The van der Waals surface area contributed by atoms with Gasteiger partial charge >= 0.3 is 6.03 Å². The number of imide groups is 1. The number of nitrogens with one attached hydrogen (secondary N) is 1. The van der Waals surface area contributed by atoms with E-state index in [-0.39, 0.29) is 19.1 Å². The van der Waals surface area contributed by atoms with Crippen molar-refractivity contribution in [3.05, 3.63) is 70.4 Å². The number of urea groups is 1. The van der Waals surface area contributed by atoms with Crippen molar-refractivity contribution in [2.45, 2.75) is 25.2 Å². The number of carbonyl (C=O) groups excluding carboxylic acids is 2. The number of fused-ring (bicyclic) bond motifs is 1. The summed E-state index contributed by atoms with van der Waals surface area (Å²) in [6, 6.07) is 16.8. The number of hydrogen-bond acceptors (Lipinski definition) is 5. The molecule has 0 saturated carbocycles. The lowest BCUT2D eigenvalue weighted by atomic mass is 9.88. The number of amides is 3. The van der Waals surface area contributed by atoms with Crippen molar-refractivity contribution in [2.75, 3.05) is 13.2 Å². The van der Waals surface area contributed by atoms with Gasteiger partial charge in [-0.3, -0.25) is 9.69 Å². The molecular formula is C22H22N2O4S. The van der Waals surface area contributed by atoms with Crippen LogP contribution in [-0.4, -0.2) is 41.2 Å². The highest BCUT2D eigenvalue weighted by atomic mass is 32.1. The predicted molar refractivity (Wildman–Crippen MR) is 112 cm³/mol. The lowest BCUT2D eigenvalue weighted by Gasteiger charge is -2.24. The van der Waals surface area contributed by atoms with Gasteiger partial charge in [-0.15, -0.1) is 11.3 Å². The zero-order valence-electron chi connectivity index (χ0n) is 16.0. The number of nitrogens with zero attached hydrogens (tertiary/aromatic N) is 1. The monoisotopic (exact) mass is 410 g/mol. The summed E-state index contributed by atoms with van der Waals surface area (Å²) in [4.78, 5) is 27.8. The molecule has 2 aromatic carbocycles. The van der Waals surface area contributed by atoms with E-state index in [1.165, 1.54) is 0 Å². The molecule has 1 aromatic heterocycles. The van der Waals surface area contributed by atoms with E-state index in [1.54, 1.807) is 18.3 Å². The molecule has 1 fully saturated rings. The van der Waals surface area contributed by atoms with Gasteiger partial charge in [-0.05, 0) is 34.7 Å². The van der Waals surface area contributed by atoms with Crippen LogP contribution in [0.3, 0.4) is 0 Å². The van der Waals surface area contributed by atoms with Gasteiger partial charge < -0.3 is 15.2 Å². The second kappa shape index (κ2) is 7.94. The summed E-state index contributed by atoms with van der Waals surface area (Å²) < 4.78 is 5.51. The lowest BCUT2D eigenvalue weighted by Crippen LogP contribution is -2.42. The Morgan fingerprint density at radius 2 is 1.93 bits per heavy atom. The maximum atomic E-state index is 13.2. The van der Waals surface area contributed by atoms with Gasteiger partial charge in [-0.2, -0.15) is 0 Å². The topological polar surface area (TPSA) is 78.9 Å². The molecule has 0 aliphatic carbocycles. The Bertz CT molecular complexity index is 1030. The van der Waals surface area contributed by atoms with Crippen LogP contribution < -0.4 is 5.32 Å². The Morgan fingerprint density at radius 3 is 2.72 bits per heavy atom. The lowest BCUT2D eigenvalue weighted by molar-refractivity contribution is -0.132. The molecule has 0 bridgehead atoms. The molecule has 1 saturated heterocycles. The summed E-state index contributed by atoms with van der Waals surface area (Å²) in [5.74, 6) is -0.379. The first-order valence-corrected chi connectivity index (χ1v) is 10.3. The molecular weight excluding hydrogens is 388 g/mol. The molecule has 0 spiro atoms. The van der Waals surface area contributed by atoms with E-state index in [0.717, 1.165) is 26.1 Å². The van der Waals surface area contributed by atoms with Crippen molar-refractivity contribution in [3.8, 4) is 0 Å². The molecule has 1 aliphatic rings. The van der Waals surface area contributed by atoms with Crippen molar-refractivity contribution in [1.82, 2.24) is 10.2 Å². The first kappa shape index (κ1) is 19.6. The Kier molecular flexibility index (Phi) is 5.36. The highest BCUT2D eigenvalue weighted by molar-refractivity contribution is 7.09. The van der Waals surface area contributed by atoms with Crippen LogP contribution in [0.25, 0.3) is 10.8 Å². The van der Waals surface area contributed by atoms with E-state index in [1.807, 2.05) is 60.0 Å². The number of β-amino-alcohol motifs (C(OH)–C–C–N with tert-alkyl or cyclic N) is 1. The zero-order chi connectivity index (χ0) is 20.4. The smallest absolute Gasteiger partial charge is 0.325 e. The second-order valence-corrected chi connectivity index (χ2v) is 8.28. The Morgan fingerprint density at radius 1 is 1.14 bits per heavy atom. The van der Waals surface area contributed by atoms with Gasteiger partial charge in [-0.1, -0.05) is 48.5 Å². The van der Waals surface area contributed by atoms with Gasteiger partial charge in [-0.25, -0.2) is 4.79 Å². The molecule has 2 atom stereocenters. The van der Waals surface area contributed by atoms with Gasteiger partial charge in [0.05, 0.1) is 25.9 Å². The number of rotatable bonds is 7. The van der Waals surface area contributed by atoms with Crippen molar-refractivity contribution >= 4 is 34.0 Å². The van der Waals surface area contributed by atoms with Crippen LogP contribution in [0.5, 0.6) is 0 Å². The summed E-state index contributed by atoms with van der Waals surface area (Å²) in [6.45, 7) is 2.02. The third-order valence-electron chi connectivity index (χ3n) is 5.13. The van der Waals surface area contributed by atoms with Crippen LogP contribution >= 0.6 is 11.3 Å². The van der Waals surface area contributed by atoms with E-state index in [2.05, 4.69) is 5.32 Å². The van der Waals surface area contributed by atoms with E-state index in [0.29, 0.717) is 6.61 Å². The van der Waals surface area contributed by atoms with E-state index >= 15 is 0 Å². The number of aliphatic hydroxyl groups excluding tert-OH is 1. The minimum absolute atomic E-state index is 0.0416. The standard InChI is InChI=1S/C22H22N2O4S/c1-22(19-10-4-7-15-6-2-3-9-18(15)19)20(26)24(21(27)23-22)12-16(25)13-28-14-17-8-5-11-29-17/h2-11,16,25H,12-14H2,1H3,(H,23,27)/t16-,22-/m0/s1. The fraction of sp³-hybridized carbons (Fsp3) is 0.273. The summed E-state index contributed by atoms with van der Waals surface area (Å²) in [5.41, 5.74) is -0.449. The van der Waals surface area contributed by atoms with Crippen molar-refractivity contribution in [1.29, 1.82) is 0 Å². The molecule has 2 heterocycles. The normalized spacial score (nSPS) is 20.3. The fourth-order valence-corrected chi connectivity index (χ4v) is 4.30. The average molecular weight is 410 g/mol. The summed E-state index contributed by atoms with van der Waals surface area (Å²) >= 11 is 1.57. The number of benzene rings is 2. The number of aliphatic hydroxyl groups is 1. The van der Waals surface area contributed by atoms with Crippen LogP contribution in [0.2, 0.25) is 0 Å². The first-order valence-electron chi connectivity index (χ1n) is 9.39. The zero-order valence-corrected chi connectivity index (χ0v) is 16.8. The number of thiophene rings is 1. The van der Waals surface area contributed by atoms with Crippen LogP contribution in [-0.2, 0) is 21.7 Å². The maximum absolute atomic E-state index is 13.2. The molecule has 3 amide bonds. The predicted octanol–water partition coefficient (Wildman–Crippen LogP) is 3.25. The SMILES string of the molecule is C[C@@]1(c2cccc3ccccc23)NC(=O)N(C[C@H](O)COCc2cccs2)C1=O. The average Bonchev–Trinajstić information content (AvgIpc) is 3.31. The minimum Gasteiger partial charge on any atom is -0.389 e. The molecule has 0 unspecified atom stereocenters. The minimum atomic E-state index is -1.19. The first-order chi connectivity index (χ1) is 14.0. The van der Waals surface area contributed by atoms with E-state index in [4.69, 9.17) is 4.74 Å². The fourth-order valence-electron chi connectivity index (χ4n) is 3.66. The molecule has 150 valence electrons. The third-order valence-corrected chi connectivity index (χ3v) is 5.98. The van der Waals surface area contributed by atoms with Crippen molar-refractivity contribution in [2.24, 2.45) is 0 Å².